The van der Waals surface area contributed by atoms with E-state index < -0.39 is 28.9 Å². The number of ether oxygens (including phenoxy) is 2. The molecule has 0 radical (unpaired) electrons. The molecule has 5 nitrogen and oxygen atoms in total. The van der Waals surface area contributed by atoms with E-state index in [-0.39, 0.29) is 6.61 Å². The first-order chi connectivity index (χ1) is 8.06. The lowest BCUT2D eigenvalue weighted by molar-refractivity contribution is -0.157. The summed E-state index contributed by atoms with van der Waals surface area (Å²) in [5, 5.41) is 9.50. The summed E-state index contributed by atoms with van der Waals surface area (Å²) in [5.41, 5.74) is 0. The van der Waals surface area contributed by atoms with Gasteiger partial charge in [0, 0.05) is 6.08 Å². The van der Waals surface area contributed by atoms with E-state index >= 15 is 0 Å². The molecule has 0 saturated carbocycles. The molecular formula is C11H24O5Si2. The number of aliphatic hydroxyl groups excluding tert-OH is 1. The van der Waals surface area contributed by atoms with Crippen molar-refractivity contribution in [2.24, 2.45) is 0 Å². The van der Waals surface area contributed by atoms with Gasteiger partial charge in [0.25, 0.3) is 0 Å². The van der Waals surface area contributed by atoms with Gasteiger partial charge >= 0.3 is 5.97 Å². The molecule has 0 aromatic heterocycles. The molecule has 0 rings (SSSR count). The van der Waals surface area contributed by atoms with Gasteiger partial charge < -0.3 is 18.7 Å². The second-order valence-electron chi connectivity index (χ2n) is 5.57. The Morgan fingerprint density at radius 1 is 1.33 bits per heavy atom. The van der Waals surface area contributed by atoms with Crippen molar-refractivity contribution in [3.63, 3.8) is 0 Å². The number of carbonyl (C=O) groups excluding carboxylic acids is 1. The maximum absolute atomic E-state index is 10.8. The van der Waals surface area contributed by atoms with E-state index in [1.807, 2.05) is 13.1 Å². The third kappa shape index (κ3) is 9.54. The van der Waals surface area contributed by atoms with Crippen LogP contribution in [0.4, 0.5) is 0 Å². The molecule has 106 valence electrons. The molecule has 18 heavy (non-hydrogen) atoms. The summed E-state index contributed by atoms with van der Waals surface area (Å²) in [7, 11) is -3.55. The van der Waals surface area contributed by atoms with Crippen LogP contribution in [0.2, 0.25) is 32.7 Å². The van der Waals surface area contributed by atoms with Crippen molar-refractivity contribution in [1.82, 2.24) is 0 Å². The maximum atomic E-state index is 10.8. The van der Waals surface area contributed by atoms with Crippen LogP contribution in [-0.4, -0.2) is 46.8 Å². The van der Waals surface area contributed by atoms with Crippen molar-refractivity contribution in [3.05, 3.63) is 12.7 Å². The second kappa shape index (κ2) is 7.20. The quantitative estimate of drug-likeness (QED) is 0.319. The van der Waals surface area contributed by atoms with E-state index in [2.05, 4.69) is 31.0 Å². The van der Waals surface area contributed by atoms with E-state index in [0.29, 0.717) is 6.23 Å². The molecule has 1 N–H and O–H groups in total. The maximum Gasteiger partial charge on any atom is 0.330 e. The van der Waals surface area contributed by atoms with Crippen LogP contribution in [0.15, 0.2) is 12.7 Å². The van der Waals surface area contributed by atoms with Crippen LogP contribution >= 0.6 is 0 Å². The third-order valence-electron chi connectivity index (χ3n) is 1.74. The van der Waals surface area contributed by atoms with Crippen molar-refractivity contribution in [1.29, 1.82) is 0 Å². The van der Waals surface area contributed by atoms with E-state index in [0.717, 1.165) is 6.08 Å². The van der Waals surface area contributed by atoms with Crippen LogP contribution in [0, 0.1) is 0 Å². The highest BCUT2D eigenvalue weighted by Gasteiger charge is 2.30. The largest absolute Gasteiger partial charge is 0.457 e. The number of esters is 1. The van der Waals surface area contributed by atoms with Crippen molar-refractivity contribution in [2.75, 3.05) is 12.8 Å². The van der Waals surface area contributed by atoms with Crippen LogP contribution in [0.5, 0.6) is 0 Å². The summed E-state index contributed by atoms with van der Waals surface area (Å²) in [6.07, 6.45) is 0.287. The standard InChI is InChI=1S/C11H24O5Si2/c1-7-10(12)14-8-11(13)15-9-18(5,6)16-17(2,3)4/h7,11,13H,1,8-9H2,2-6H3. The van der Waals surface area contributed by atoms with Crippen LogP contribution < -0.4 is 0 Å². The number of rotatable bonds is 8. The highest BCUT2D eigenvalue weighted by molar-refractivity contribution is 6.84. The lowest BCUT2D eigenvalue weighted by Gasteiger charge is -2.31. The number of carbonyl (C=O) groups is 1. The van der Waals surface area contributed by atoms with Gasteiger partial charge in [0.15, 0.2) is 22.9 Å². The predicted octanol–water partition coefficient (Wildman–Crippen LogP) is 1.65. The van der Waals surface area contributed by atoms with E-state index in [1.54, 1.807) is 0 Å². The summed E-state index contributed by atoms with van der Waals surface area (Å²) >= 11 is 0. The smallest absolute Gasteiger partial charge is 0.330 e. The molecule has 0 amide bonds. The summed E-state index contributed by atoms with van der Waals surface area (Å²) in [6, 6.07) is 0. The molecular weight excluding hydrogens is 268 g/mol. The zero-order valence-corrected chi connectivity index (χ0v) is 13.9. The Morgan fingerprint density at radius 3 is 2.33 bits per heavy atom. The minimum absolute atomic E-state index is 0.192. The molecule has 0 spiro atoms. The molecule has 0 aromatic rings. The normalized spacial score (nSPS) is 14.1. The first kappa shape index (κ1) is 17.5. The first-order valence-electron chi connectivity index (χ1n) is 5.85. The second-order valence-corrected chi connectivity index (χ2v) is 14.4. The Kier molecular flexibility index (Phi) is 7.01. The monoisotopic (exact) mass is 292 g/mol. The minimum atomic E-state index is -1.95. The van der Waals surface area contributed by atoms with Gasteiger partial charge in [-0.15, -0.1) is 0 Å². The third-order valence-corrected chi connectivity index (χ3v) is 7.26. The van der Waals surface area contributed by atoms with Gasteiger partial charge in [-0.2, -0.15) is 0 Å². The Balaban J connectivity index is 4.00. The van der Waals surface area contributed by atoms with Gasteiger partial charge in [0.1, 0.15) is 6.61 Å². The zero-order valence-electron chi connectivity index (χ0n) is 11.9. The predicted molar refractivity (Wildman–Crippen MR) is 75.0 cm³/mol. The Morgan fingerprint density at radius 2 is 1.89 bits per heavy atom. The zero-order chi connectivity index (χ0) is 14.4. The molecule has 0 fully saturated rings. The molecule has 0 aliphatic rings. The van der Waals surface area contributed by atoms with E-state index in [9.17, 15) is 9.90 Å². The fraction of sp³-hybridized carbons (Fsp3) is 0.727. The average molecular weight is 292 g/mol. The molecule has 0 heterocycles. The van der Waals surface area contributed by atoms with Gasteiger partial charge in [0.05, 0.1) is 6.23 Å². The number of aliphatic hydroxyl groups is 1. The van der Waals surface area contributed by atoms with Crippen molar-refractivity contribution < 1.29 is 23.5 Å². The summed E-state index contributed by atoms with van der Waals surface area (Å²) in [4.78, 5) is 10.8. The Hall–Kier alpha value is -0.476. The molecule has 0 aliphatic carbocycles. The summed E-state index contributed by atoms with van der Waals surface area (Å²) < 4.78 is 16.0. The highest BCUT2D eigenvalue weighted by atomic mass is 28.4. The molecule has 0 saturated heterocycles. The van der Waals surface area contributed by atoms with Gasteiger partial charge in [0.2, 0.25) is 0 Å². The average Bonchev–Trinajstić information content (AvgIpc) is 2.19. The number of hydrogen-bond acceptors (Lipinski definition) is 5. The lowest BCUT2D eigenvalue weighted by atomic mass is 10.6. The minimum Gasteiger partial charge on any atom is -0.457 e. The van der Waals surface area contributed by atoms with E-state index in [1.165, 1.54) is 0 Å². The lowest BCUT2D eigenvalue weighted by Crippen LogP contribution is -2.47. The highest BCUT2D eigenvalue weighted by Crippen LogP contribution is 2.14. The summed E-state index contributed by atoms with van der Waals surface area (Å²) in [5.74, 6) is -0.576. The number of hydrogen-bond donors (Lipinski definition) is 1. The molecule has 0 aromatic carbocycles. The molecule has 1 unspecified atom stereocenters. The Labute approximate surface area is 111 Å². The topological polar surface area (TPSA) is 65.0 Å². The van der Waals surface area contributed by atoms with Gasteiger partial charge in [-0.3, -0.25) is 0 Å². The summed E-state index contributed by atoms with van der Waals surface area (Å²) in [6.45, 7) is 13.5. The Bertz CT molecular complexity index is 286. The first-order valence-corrected chi connectivity index (χ1v) is 12.4. The van der Waals surface area contributed by atoms with Gasteiger partial charge in [-0.05, 0) is 32.7 Å². The molecule has 0 bridgehead atoms. The van der Waals surface area contributed by atoms with Crippen molar-refractivity contribution in [3.8, 4) is 0 Å². The van der Waals surface area contributed by atoms with Gasteiger partial charge in [-0.1, -0.05) is 6.58 Å². The van der Waals surface area contributed by atoms with Crippen LogP contribution in [0.3, 0.4) is 0 Å². The van der Waals surface area contributed by atoms with Crippen LogP contribution in [0.25, 0.3) is 0 Å². The van der Waals surface area contributed by atoms with Crippen LogP contribution in [0.1, 0.15) is 0 Å². The van der Waals surface area contributed by atoms with Crippen LogP contribution in [-0.2, 0) is 18.4 Å². The van der Waals surface area contributed by atoms with Crippen molar-refractivity contribution in [2.45, 2.75) is 39.0 Å². The fourth-order valence-electron chi connectivity index (χ4n) is 1.42. The van der Waals surface area contributed by atoms with E-state index in [4.69, 9.17) is 8.85 Å². The molecule has 7 heteroatoms. The SMILES string of the molecule is C=CC(=O)OCC(O)OC[Si](C)(C)O[Si](C)(C)C. The van der Waals surface area contributed by atoms with Crippen molar-refractivity contribution >= 4 is 22.6 Å². The van der Waals surface area contributed by atoms with Gasteiger partial charge in [-0.25, -0.2) is 4.79 Å². The molecule has 0 aliphatic heterocycles. The molecule has 1 atom stereocenters. The fourth-order valence-corrected chi connectivity index (χ4v) is 8.88.